The van der Waals surface area contributed by atoms with Crippen LogP contribution in [0, 0.1) is 18.8 Å². The van der Waals surface area contributed by atoms with Crippen LogP contribution in [0.1, 0.15) is 49.4 Å². The fraction of sp³-hybridized carbons (Fsp3) is 0.706. The van der Waals surface area contributed by atoms with Crippen LogP contribution in [0.5, 0.6) is 0 Å². The minimum Gasteiger partial charge on any atom is -0.337 e. The summed E-state index contributed by atoms with van der Waals surface area (Å²) in [5, 5.41) is 9.09. The molecule has 0 bridgehead atoms. The SMILES string of the molecule is Cc1csc([C@H](NC(=O)N[C@@H]2CC(=O)N([C@H]3C[C@H]3C)C2)C2CC2)n1. The molecule has 0 unspecified atom stereocenters. The molecule has 1 aromatic rings. The Balaban J connectivity index is 1.33. The highest BCUT2D eigenvalue weighted by Gasteiger charge is 2.45. The average molecular weight is 348 g/mol. The van der Waals surface area contributed by atoms with Crippen molar-refractivity contribution in [3.63, 3.8) is 0 Å². The first-order valence-electron chi connectivity index (χ1n) is 8.80. The van der Waals surface area contributed by atoms with E-state index in [-0.39, 0.29) is 24.0 Å². The molecule has 0 radical (unpaired) electrons. The lowest BCUT2D eigenvalue weighted by atomic mass is 10.2. The van der Waals surface area contributed by atoms with E-state index < -0.39 is 0 Å². The molecular formula is C17H24N4O2S. The molecule has 7 heteroatoms. The Morgan fingerprint density at radius 3 is 2.79 bits per heavy atom. The zero-order valence-electron chi connectivity index (χ0n) is 14.1. The third-order valence-electron chi connectivity index (χ3n) is 5.24. The maximum absolute atomic E-state index is 12.4. The molecule has 1 aromatic heterocycles. The van der Waals surface area contributed by atoms with E-state index in [4.69, 9.17) is 0 Å². The average Bonchev–Trinajstić information content (AvgIpc) is 3.41. The number of hydrogen-bond donors (Lipinski definition) is 2. The summed E-state index contributed by atoms with van der Waals surface area (Å²) in [6, 6.07) is 0.136. The van der Waals surface area contributed by atoms with Gasteiger partial charge in [-0.05, 0) is 38.0 Å². The van der Waals surface area contributed by atoms with E-state index >= 15 is 0 Å². The highest BCUT2D eigenvalue weighted by Crippen LogP contribution is 2.42. The Bertz CT molecular complexity index is 657. The molecule has 6 nitrogen and oxygen atoms in total. The number of hydrogen-bond acceptors (Lipinski definition) is 4. The topological polar surface area (TPSA) is 74.3 Å². The van der Waals surface area contributed by atoms with E-state index in [0.29, 0.717) is 30.8 Å². The minimum absolute atomic E-state index is 0.000335. The molecule has 2 saturated carbocycles. The zero-order valence-corrected chi connectivity index (χ0v) is 14.9. The number of likely N-dealkylation sites (tertiary alicyclic amines) is 1. The zero-order chi connectivity index (χ0) is 16.8. The van der Waals surface area contributed by atoms with Gasteiger partial charge in [-0.1, -0.05) is 6.92 Å². The number of nitrogens with one attached hydrogen (secondary N) is 2. The predicted molar refractivity (Wildman–Crippen MR) is 91.7 cm³/mol. The summed E-state index contributed by atoms with van der Waals surface area (Å²) in [5.74, 6) is 1.27. The summed E-state index contributed by atoms with van der Waals surface area (Å²) in [6.07, 6.45) is 3.79. The van der Waals surface area contributed by atoms with Crippen molar-refractivity contribution in [1.82, 2.24) is 20.5 Å². The van der Waals surface area contributed by atoms with Gasteiger partial charge >= 0.3 is 6.03 Å². The van der Waals surface area contributed by atoms with Gasteiger partial charge in [0.15, 0.2) is 0 Å². The first-order valence-corrected chi connectivity index (χ1v) is 9.67. The van der Waals surface area contributed by atoms with Crippen molar-refractivity contribution < 1.29 is 9.59 Å². The minimum atomic E-state index is -0.178. The van der Waals surface area contributed by atoms with Crippen LogP contribution in [0.25, 0.3) is 0 Å². The van der Waals surface area contributed by atoms with Gasteiger partial charge in [0.05, 0.1) is 12.1 Å². The Kier molecular flexibility index (Phi) is 3.98. The molecule has 0 aromatic carbocycles. The lowest BCUT2D eigenvalue weighted by Gasteiger charge is -2.20. The third kappa shape index (κ3) is 3.27. The monoisotopic (exact) mass is 348 g/mol. The number of carbonyl (C=O) groups is 2. The number of carbonyl (C=O) groups excluding carboxylic acids is 2. The number of nitrogens with zero attached hydrogens (tertiary/aromatic N) is 2. The molecule has 1 saturated heterocycles. The summed E-state index contributed by atoms with van der Waals surface area (Å²) in [7, 11) is 0. The van der Waals surface area contributed by atoms with E-state index in [1.54, 1.807) is 11.3 Å². The fourth-order valence-electron chi connectivity index (χ4n) is 3.58. The Hall–Kier alpha value is -1.63. The molecule has 4 atom stereocenters. The summed E-state index contributed by atoms with van der Waals surface area (Å²) in [6.45, 7) is 4.79. The maximum atomic E-state index is 12.4. The standard InChI is InChI=1S/C17H24N4O2S/c1-9-5-13(9)21-7-12(6-14(21)22)19-17(23)20-15(11-3-4-11)16-18-10(2)8-24-16/h8-9,11-13,15H,3-7H2,1-2H3,(H2,19,20,23)/t9-,12-,13+,15-/m1/s1. The van der Waals surface area contributed by atoms with E-state index in [0.717, 1.165) is 30.0 Å². The summed E-state index contributed by atoms with van der Waals surface area (Å²) in [5.41, 5.74) is 0.999. The summed E-state index contributed by atoms with van der Waals surface area (Å²) >= 11 is 1.61. The number of aryl methyl sites for hydroxylation is 1. The van der Waals surface area contributed by atoms with Crippen LogP contribution in [0.15, 0.2) is 5.38 Å². The van der Waals surface area contributed by atoms with Gasteiger partial charge in [0.25, 0.3) is 0 Å². The van der Waals surface area contributed by atoms with Crippen LogP contribution in [-0.4, -0.2) is 40.5 Å². The molecule has 4 rings (SSSR count). The molecule has 3 aliphatic rings. The van der Waals surface area contributed by atoms with Gasteiger partial charge in [-0.2, -0.15) is 0 Å². The van der Waals surface area contributed by atoms with Crippen molar-refractivity contribution in [1.29, 1.82) is 0 Å². The first kappa shape index (κ1) is 15.9. The van der Waals surface area contributed by atoms with Gasteiger partial charge in [-0.25, -0.2) is 9.78 Å². The van der Waals surface area contributed by atoms with Crippen molar-refractivity contribution in [2.45, 2.75) is 57.7 Å². The van der Waals surface area contributed by atoms with Gasteiger partial charge in [0.1, 0.15) is 5.01 Å². The number of thiazole rings is 1. The summed E-state index contributed by atoms with van der Waals surface area (Å²) in [4.78, 5) is 31.0. The molecule has 130 valence electrons. The predicted octanol–water partition coefficient (Wildman–Crippen LogP) is 2.21. The lowest BCUT2D eigenvalue weighted by molar-refractivity contribution is -0.128. The third-order valence-corrected chi connectivity index (χ3v) is 6.29. The molecule has 2 heterocycles. The van der Waals surface area contributed by atoms with Gasteiger partial charge in [-0.3, -0.25) is 4.79 Å². The van der Waals surface area contributed by atoms with E-state index in [9.17, 15) is 9.59 Å². The van der Waals surface area contributed by atoms with Crippen LogP contribution in [0.2, 0.25) is 0 Å². The molecule has 24 heavy (non-hydrogen) atoms. The maximum Gasteiger partial charge on any atom is 0.315 e. The number of amides is 3. The van der Waals surface area contributed by atoms with Crippen molar-refractivity contribution in [2.24, 2.45) is 11.8 Å². The van der Waals surface area contributed by atoms with Gasteiger partial charge < -0.3 is 15.5 Å². The second-order valence-electron chi connectivity index (χ2n) is 7.49. The lowest BCUT2D eigenvalue weighted by Crippen LogP contribution is -2.45. The van der Waals surface area contributed by atoms with Crippen LogP contribution < -0.4 is 10.6 Å². The van der Waals surface area contributed by atoms with Gasteiger partial charge in [-0.15, -0.1) is 11.3 Å². The van der Waals surface area contributed by atoms with Crippen molar-refractivity contribution in [2.75, 3.05) is 6.54 Å². The van der Waals surface area contributed by atoms with Crippen molar-refractivity contribution in [3.05, 3.63) is 16.1 Å². The normalized spacial score (nSPS) is 30.3. The first-order chi connectivity index (χ1) is 11.5. The second-order valence-corrected chi connectivity index (χ2v) is 8.38. The van der Waals surface area contributed by atoms with Crippen LogP contribution >= 0.6 is 11.3 Å². The molecule has 1 aliphatic heterocycles. The Morgan fingerprint density at radius 1 is 1.46 bits per heavy atom. The molecule has 2 aliphatic carbocycles. The smallest absolute Gasteiger partial charge is 0.315 e. The quantitative estimate of drug-likeness (QED) is 0.857. The van der Waals surface area contributed by atoms with Crippen molar-refractivity contribution >= 4 is 23.3 Å². The number of aromatic nitrogens is 1. The van der Waals surface area contributed by atoms with E-state index in [2.05, 4.69) is 22.5 Å². The molecule has 2 N–H and O–H groups in total. The van der Waals surface area contributed by atoms with Crippen LogP contribution in [0.4, 0.5) is 4.79 Å². The summed E-state index contributed by atoms with van der Waals surface area (Å²) < 4.78 is 0. The number of rotatable bonds is 5. The molecule has 3 fully saturated rings. The molecule has 0 spiro atoms. The van der Waals surface area contributed by atoms with Crippen molar-refractivity contribution in [3.8, 4) is 0 Å². The van der Waals surface area contributed by atoms with Gasteiger partial charge in [0.2, 0.25) is 5.91 Å². The molecule has 3 amide bonds. The highest BCUT2D eigenvalue weighted by atomic mass is 32.1. The van der Waals surface area contributed by atoms with E-state index in [1.165, 1.54) is 0 Å². The Labute approximate surface area is 146 Å². The highest BCUT2D eigenvalue weighted by molar-refractivity contribution is 7.09. The van der Waals surface area contributed by atoms with Crippen LogP contribution in [0.3, 0.4) is 0 Å². The van der Waals surface area contributed by atoms with Gasteiger partial charge in [0, 0.05) is 30.1 Å². The largest absolute Gasteiger partial charge is 0.337 e. The number of urea groups is 1. The molecular weight excluding hydrogens is 324 g/mol. The van der Waals surface area contributed by atoms with E-state index in [1.807, 2.05) is 17.2 Å². The second kappa shape index (κ2) is 6.02. The fourth-order valence-corrected chi connectivity index (χ4v) is 4.52. The van der Waals surface area contributed by atoms with Crippen LogP contribution in [-0.2, 0) is 4.79 Å². The Morgan fingerprint density at radius 2 is 2.21 bits per heavy atom.